The lowest BCUT2D eigenvalue weighted by atomic mass is 9.82. The Hall–Kier alpha value is -1.68. The van der Waals surface area contributed by atoms with Crippen molar-refractivity contribution < 1.29 is 27.4 Å². The Bertz CT molecular complexity index is 926. The van der Waals surface area contributed by atoms with E-state index in [-0.39, 0.29) is 43.9 Å². The van der Waals surface area contributed by atoms with Crippen LogP contribution in [0.1, 0.15) is 50.0 Å². The summed E-state index contributed by atoms with van der Waals surface area (Å²) < 4.78 is 45.8. The van der Waals surface area contributed by atoms with Crippen LogP contribution in [0.3, 0.4) is 0 Å². The molecule has 0 aromatic heterocycles. The Kier molecular flexibility index (Phi) is 6.42. The third-order valence-corrected chi connectivity index (χ3v) is 9.13. The maximum atomic E-state index is 13.2. The van der Waals surface area contributed by atoms with Gasteiger partial charge in [-0.3, -0.25) is 4.79 Å². The average molecular weight is 465 g/mol. The summed E-state index contributed by atoms with van der Waals surface area (Å²) in [4.78, 5) is 15.0. The molecular formula is C23H32N2O6S. The molecule has 4 aliphatic heterocycles. The number of carbonyl (C=O) groups is 1. The number of fused-ring (bicyclic) bond motifs is 5. The fraction of sp³-hybridized carbons (Fsp3) is 0.696. The highest BCUT2D eigenvalue weighted by Crippen LogP contribution is 2.39. The molecule has 2 bridgehead atoms. The number of carbonyl (C=O) groups excluding carboxylic acids is 1. The number of sulfonamides is 1. The van der Waals surface area contributed by atoms with Crippen LogP contribution in [0.5, 0.6) is 5.75 Å². The van der Waals surface area contributed by atoms with Gasteiger partial charge >= 0.3 is 0 Å². The van der Waals surface area contributed by atoms with Gasteiger partial charge in [-0.2, -0.15) is 0 Å². The minimum Gasteiger partial charge on any atom is -0.483 e. The quantitative estimate of drug-likeness (QED) is 0.733. The first kappa shape index (κ1) is 22.1. The summed E-state index contributed by atoms with van der Waals surface area (Å²) in [5.41, 5.74) is 1.17. The van der Waals surface area contributed by atoms with Gasteiger partial charge in [0.2, 0.25) is 10.0 Å². The second-order valence-corrected chi connectivity index (χ2v) is 11.4. The Labute approximate surface area is 189 Å². The number of ether oxygens (including phenoxy) is 3. The van der Waals surface area contributed by atoms with Gasteiger partial charge in [-0.25, -0.2) is 13.1 Å². The van der Waals surface area contributed by atoms with Crippen LogP contribution in [0, 0.1) is 0 Å². The zero-order valence-electron chi connectivity index (χ0n) is 18.3. The van der Waals surface area contributed by atoms with Crippen molar-refractivity contribution >= 4 is 15.9 Å². The van der Waals surface area contributed by atoms with Gasteiger partial charge in [0.1, 0.15) is 11.0 Å². The van der Waals surface area contributed by atoms with E-state index in [1.807, 2.05) is 18.2 Å². The van der Waals surface area contributed by atoms with Gasteiger partial charge in [-0.05, 0) is 56.1 Å². The number of hydrogen-bond donors (Lipinski definition) is 1. The third-order valence-electron chi connectivity index (χ3n) is 7.35. The summed E-state index contributed by atoms with van der Waals surface area (Å²) in [6, 6.07) is 7.29. The van der Waals surface area contributed by atoms with Crippen LogP contribution >= 0.6 is 0 Å². The maximum absolute atomic E-state index is 13.2. The molecule has 3 fully saturated rings. The fourth-order valence-corrected chi connectivity index (χ4v) is 6.80. The highest BCUT2D eigenvalue weighted by atomic mass is 32.2. The van der Waals surface area contributed by atoms with E-state index in [2.05, 4.69) is 10.8 Å². The van der Waals surface area contributed by atoms with E-state index >= 15 is 0 Å². The lowest BCUT2D eigenvalue weighted by Crippen LogP contribution is -2.61. The number of nitrogens with zero attached hydrogens (tertiary/aromatic N) is 1. The van der Waals surface area contributed by atoms with E-state index in [4.69, 9.17) is 14.2 Å². The van der Waals surface area contributed by atoms with Gasteiger partial charge in [-0.15, -0.1) is 0 Å². The van der Waals surface area contributed by atoms with E-state index in [0.717, 1.165) is 37.9 Å². The highest BCUT2D eigenvalue weighted by molar-refractivity contribution is 7.90. The smallest absolute Gasteiger partial charge is 0.260 e. The molecule has 2 atom stereocenters. The molecule has 1 amide bonds. The fourth-order valence-electron chi connectivity index (χ4n) is 5.36. The van der Waals surface area contributed by atoms with Crippen molar-refractivity contribution in [2.24, 2.45) is 0 Å². The molecule has 2 saturated heterocycles. The monoisotopic (exact) mass is 464 g/mol. The number of amides is 1. The van der Waals surface area contributed by atoms with E-state index in [1.165, 1.54) is 5.56 Å². The van der Waals surface area contributed by atoms with Crippen LogP contribution in [0.4, 0.5) is 0 Å². The SMILES string of the molecule is O=C1COc2ccccc2C2CCC(CC2)OC[C@H]2C(NS(=O)(=O)C3COC3)CCCN12. The standard InChI is InChI=1S/C23H32N2O6S/c26-23-15-31-22-6-2-1-4-19(22)16-7-9-17(10-8-16)30-14-21-20(5-3-11-25(21)23)24-32(27,28)18-12-29-13-18/h1-2,4,6,16-18,20-21,24H,3,5,7-15H2/t16?,17?,20?,21-/m0/s1. The molecule has 5 aliphatic rings. The molecular weight excluding hydrogens is 432 g/mol. The topological polar surface area (TPSA) is 94.2 Å². The first-order chi connectivity index (χ1) is 15.5. The summed E-state index contributed by atoms with van der Waals surface area (Å²) in [7, 11) is -3.50. The molecule has 1 aliphatic carbocycles. The van der Waals surface area contributed by atoms with Gasteiger partial charge in [-0.1, -0.05) is 18.2 Å². The van der Waals surface area contributed by atoms with Crippen LogP contribution < -0.4 is 9.46 Å². The van der Waals surface area contributed by atoms with Crippen molar-refractivity contribution in [3.63, 3.8) is 0 Å². The number of rotatable bonds is 3. The first-order valence-corrected chi connectivity index (χ1v) is 13.3. The highest BCUT2D eigenvalue weighted by Gasteiger charge is 2.41. The number of piperidine rings is 1. The largest absolute Gasteiger partial charge is 0.483 e. The van der Waals surface area contributed by atoms with E-state index < -0.39 is 15.3 Å². The van der Waals surface area contributed by atoms with Crippen molar-refractivity contribution in [3.8, 4) is 5.75 Å². The summed E-state index contributed by atoms with van der Waals surface area (Å²) in [5.74, 6) is 1.06. The molecule has 1 saturated carbocycles. The molecule has 8 nitrogen and oxygen atoms in total. The summed E-state index contributed by atoms with van der Waals surface area (Å²) in [6.45, 7) is 1.31. The molecule has 1 unspecified atom stereocenters. The Morgan fingerprint density at radius 3 is 2.53 bits per heavy atom. The minimum atomic E-state index is -3.50. The molecule has 1 aromatic rings. The number of nitrogens with one attached hydrogen (secondary N) is 1. The molecule has 1 aromatic carbocycles. The van der Waals surface area contributed by atoms with Gasteiger partial charge < -0.3 is 19.1 Å². The molecule has 32 heavy (non-hydrogen) atoms. The number of benzene rings is 1. The third kappa shape index (κ3) is 4.53. The van der Waals surface area contributed by atoms with E-state index in [9.17, 15) is 13.2 Å². The van der Waals surface area contributed by atoms with Crippen molar-refractivity contribution in [1.29, 1.82) is 0 Å². The summed E-state index contributed by atoms with van der Waals surface area (Å²) in [6.07, 6.45) is 5.50. The van der Waals surface area contributed by atoms with Crippen LogP contribution in [0.25, 0.3) is 0 Å². The molecule has 1 N–H and O–H groups in total. The molecule has 176 valence electrons. The second kappa shape index (κ2) is 9.29. The molecule has 6 rings (SSSR count). The molecule has 9 heteroatoms. The molecule has 0 radical (unpaired) electrons. The van der Waals surface area contributed by atoms with Gasteiger partial charge in [0, 0.05) is 12.6 Å². The van der Waals surface area contributed by atoms with Crippen LogP contribution in [0.15, 0.2) is 24.3 Å². The van der Waals surface area contributed by atoms with E-state index in [0.29, 0.717) is 25.5 Å². The van der Waals surface area contributed by atoms with Crippen LogP contribution in [0.2, 0.25) is 0 Å². The average Bonchev–Trinajstić information content (AvgIpc) is 2.76. The van der Waals surface area contributed by atoms with Gasteiger partial charge in [0.25, 0.3) is 5.91 Å². The van der Waals surface area contributed by atoms with Crippen molar-refractivity contribution in [2.75, 3.05) is 33.0 Å². The predicted octanol–water partition coefficient (Wildman–Crippen LogP) is 1.80. The minimum absolute atomic E-state index is 0.0560. The van der Waals surface area contributed by atoms with Gasteiger partial charge in [0.05, 0.1) is 32.0 Å². The normalized spacial score (nSPS) is 31.9. The Morgan fingerprint density at radius 2 is 1.78 bits per heavy atom. The van der Waals surface area contributed by atoms with Gasteiger partial charge in [0.15, 0.2) is 6.61 Å². The van der Waals surface area contributed by atoms with Crippen LogP contribution in [-0.4, -0.2) is 75.6 Å². The molecule has 4 heterocycles. The number of para-hydroxylation sites is 1. The second-order valence-electron chi connectivity index (χ2n) is 9.36. The lowest BCUT2D eigenvalue weighted by Gasteiger charge is -2.42. The summed E-state index contributed by atoms with van der Waals surface area (Å²) >= 11 is 0. The first-order valence-electron chi connectivity index (χ1n) is 11.7. The predicted molar refractivity (Wildman–Crippen MR) is 118 cm³/mol. The Morgan fingerprint density at radius 1 is 1.00 bits per heavy atom. The van der Waals surface area contributed by atoms with Crippen molar-refractivity contribution in [2.45, 2.75) is 67.9 Å². The van der Waals surface area contributed by atoms with Crippen molar-refractivity contribution in [3.05, 3.63) is 29.8 Å². The summed E-state index contributed by atoms with van der Waals surface area (Å²) in [5, 5.41) is -0.514. The molecule has 0 spiro atoms. The lowest BCUT2D eigenvalue weighted by molar-refractivity contribution is -0.140. The van der Waals surface area contributed by atoms with Crippen LogP contribution in [-0.2, 0) is 24.3 Å². The Balaban J connectivity index is 1.39. The number of hydrogen-bond acceptors (Lipinski definition) is 6. The zero-order chi connectivity index (χ0) is 22.1. The maximum Gasteiger partial charge on any atom is 0.260 e. The zero-order valence-corrected chi connectivity index (χ0v) is 19.1. The van der Waals surface area contributed by atoms with E-state index in [1.54, 1.807) is 4.90 Å². The van der Waals surface area contributed by atoms with Crippen molar-refractivity contribution in [1.82, 2.24) is 9.62 Å².